The minimum Gasteiger partial charge on any atom is -0.484 e. The first-order valence-corrected chi connectivity index (χ1v) is 6.30. The van der Waals surface area contributed by atoms with Crippen molar-refractivity contribution in [2.24, 2.45) is 0 Å². The average Bonchev–Trinajstić information content (AvgIpc) is 2.83. The van der Waals surface area contributed by atoms with E-state index in [4.69, 9.17) is 9.15 Å². The maximum absolute atomic E-state index is 11.8. The highest BCUT2D eigenvalue weighted by molar-refractivity contribution is 5.98. The standard InChI is InChI=1S/C14H14N2O3/c1-9-15-16-14(19-9)8-18-11-6-5-10-3-2-4-13(17)12(10)7-11/h5-7H,2-4,8H2,1H3. The number of fused-ring (bicyclic) bond motifs is 1. The fourth-order valence-corrected chi connectivity index (χ4v) is 2.24. The number of hydrogen-bond donors (Lipinski definition) is 0. The highest BCUT2D eigenvalue weighted by Crippen LogP contribution is 2.25. The molecule has 0 N–H and O–H groups in total. The van der Waals surface area contributed by atoms with E-state index in [1.807, 2.05) is 12.1 Å². The molecule has 0 unspecified atom stereocenters. The second kappa shape index (κ2) is 4.84. The zero-order chi connectivity index (χ0) is 13.2. The van der Waals surface area contributed by atoms with Crippen LogP contribution >= 0.6 is 0 Å². The summed E-state index contributed by atoms with van der Waals surface area (Å²) in [5, 5.41) is 7.59. The molecule has 19 heavy (non-hydrogen) atoms. The number of ketones is 1. The number of hydrogen-bond acceptors (Lipinski definition) is 5. The number of aromatic nitrogens is 2. The van der Waals surface area contributed by atoms with Crippen molar-refractivity contribution in [1.82, 2.24) is 10.2 Å². The topological polar surface area (TPSA) is 65.2 Å². The van der Waals surface area contributed by atoms with Gasteiger partial charge in [-0.3, -0.25) is 4.79 Å². The number of rotatable bonds is 3. The van der Waals surface area contributed by atoms with E-state index in [1.54, 1.807) is 13.0 Å². The van der Waals surface area contributed by atoms with Crippen LogP contribution in [0, 0.1) is 6.92 Å². The highest BCUT2D eigenvalue weighted by Gasteiger charge is 2.17. The zero-order valence-corrected chi connectivity index (χ0v) is 10.7. The van der Waals surface area contributed by atoms with Crippen molar-refractivity contribution in [3.63, 3.8) is 0 Å². The lowest BCUT2D eigenvalue weighted by molar-refractivity contribution is 0.0972. The fourth-order valence-electron chi connectivity index (χ4n) is 2.24. The van der Waals surface area contributed by atoms with Gasteiger partial charge < -0.3 is 9.15 Å². The molecule has 5 heteroatoms. The van der Waals surface area contributed by atoms with Crippen molar-refractivity contribution in [2.45, 2.75) is 32.8 Å². The first kappa shape index (κ1) is 11.9. The summed E-state index contributed by atoms with van der Waals surface area (Å²) in [6.45, 7) is 1.95. The van der Waals surface area contributed by atoms with E-state index in [9.17, 15) is 4.79 Å². The van der Waals surface area contributed by atoms with Crippen LogP contribution in [0.4, 0.5) is 0 Å². The van der Waals surface area contributed by atoms with Crippen LogP contribution in [0.15, 0.2) is 22.6 Å². The number of carbonyl (C=O) groups is 1. The van der Waals surface area contributed by atoms with E-state index in [0.29, 0.717) is 24.0 Å². The van der Waals surface area contributed by atoms with Crippen LogP contribution in [0.2, 0.25) is 0 Å². The Hall–Kier alpha value is -2.17. The van der Waals surface area contributed by atoms with Crippen LogP contribution in [0.1, 0.15) is 40.5 Å². The Bertz CT molecular complexity index is 619. The van der Waals surface area contributed by atoms with Gasteiger partial charge in [0, 0.05) is 18.9 Å². The van der Waals surface area contributed by atoms with Gasteiger partial charge in [-0.25, -0.2) is 0 Å². The maximum Gasteiger partial charge on any atom is 0.253 e. The van der Waals surface area contributed by atoms with Crippen molar-refractivity contribution >= 4 is 5.78 Å². The smallest absolute Gasteiger partial charge is 0.253 e. The molecule has 0 radical (unpaired) electrons. The van der Waals surface area contributed by atoms with Gasteiger partial charge in [-0.05, 0) is 30.5 Å². The third kappa shape index (κ3) is 2.50. The quantitative estimate of drug-likeness (QED) is 0.846. The largest absolute Gasteiger partial charge is 0.484 e. The first-order valence-electron chi connectivity index (χ1n) is 6.30. The number of nitrogens with zero attached hydrogens (tertiary/aromatic N) is 2. The predicted octanol–water partition coefficient (Wildman–Crippen LogP) is 2.48. The molecule has 1 aromatic heterocycles. The van der Waals surface area contributed by atoms with Gasteiger partial charge in [-0.1, -0.05) is 6.07 Å². The van der Waals surface area contributed by atoms with E-state index in [2.05, 4.69) is 10.2 Å². The van der Waals surface area contributed by atoms with E-state index in [-0.39, 0.29) is 12.4 Å². The van der Waals surface area contributed by atoms with E-state index in [0.717, 1.165) is 24.0 Å². The number of Topliss-reactive ketones (excluding diaryl/α,β-unsaturated/α-hetero) is 1. The SMILES string of the molecule is Cc1nnc(COc2ccc3c(c2)C(=O)CCC3)o1. The molecule has 0 fully saturated rings. The molecular weight excluding hydrogens is 244 g/mol. The van der Waals surface area contributed by atoms with Crippen molar-refractivity contribution in [3.8, 4) is 5.75 Å². The van der Waals surface area contributed by atoms with Crippen LogP contribution in [0.25, 0.3) is 0 Å². The molecule has 0 bridgehead atoms. The second-order valence-corrected chi connectivity index (χ2v) is 4.60. The molecule has 0 saturated heterocycles. The van der Waals surface area contributed by atoms with Crippen LogP contribution in [0.3, 0.4) is 0 Å². The molecule has 1 aliphatic rings. The monoisotopic (exact) mass is 258 g/mol. The summed E-state index contributed by atoms with van der Waals surface area (Å²) >= 11 is 0. The van der Waals surface area contributed by atoms with Crippen LogP contribution in [-0.2, 0) is 13.0 Å². The van der Waals surface area contributed by atoms with Gasteiger partial charge in [0.1, 0.15) is 5.75 Å². The fraction of sp³-hybridized carbons (Fsp3) is 0.357. The number of ether oxygens (including phenoxy) is 1. The van der Waals surface area contributed by atoms with Crippen molar-refractivity contribution in [1.29, 1.82) is 0 Å². The maximum atomic E-state index is 11.8. The summed E-state index contributed by atoms with van der Waals surface area (Å²) in [7, 11) is 0. The third-order valence-corrected chi connectivity index (χ3v) is 3.16. The summed E-state index contributed by atoms with van der Waals surface area (Å²) < 4.78 is 10.8. The third-order valence-electron chi connectivity index (χ3n) is 3.16. The Kier molecular flexibility index (Phi) is 3.03. The molecule has 98 valence electrons. The number of benzene rings is 1. The summed E-state index contributed by atoms with van der Waals surface area (Å²) in [4.78, 5) is 11.8. The van der Waals surface area contributed by atoms with Gasteiger partial charge in [-0.15, -0.1) is 10.2 Å². The van der Waals surface area contributed by atoms with Gasteiger partial charge in [0.25, 0.3) is 5.89 Å². The number of carbonyl (C=O) groups excluding carboxylic acids is 1. The first-order chi connectivity index (χ1) is 9.22. The summed E-state index contributed by atoms with van der Waals surface area (Å²) in [5.41, 5.74) is 1.89. The average molecular weight is 258 g/mol. The van der Waals surface area contributed by atoms with Crippen molar-refractivity contribution in [2.75, 3.05) is 0 Å². The van der Waals surface area contributed by atoms with Gasteiger partial charge >= 0.3 is 0 Å². The lowest BCUT2D eigenvalue weighted by Gasteiger charge is -2.15. The Morgan fingerprint density at radius 2 is 2.21 bits per heavy atom. The normalized spacial score (nSPS) is 14.3. The molecule has 0 spiro atoms. The summed E-state index contributed by atoms with van der Waals surface area (Å²) in [6, 6.07) is 5.64. The van der Waals surface area contributed by atoms with Crippen molar-refractivity contribution in [3.05, 3.63) is 41.1 Å². The van der Waals surface area contributed by atoms with E-state index < -0.39 is 0 Å². The Morgan fingerprint density at radius 3 is 3.00 bits per heavy atom. The minimum absolute atomic E-state index is 0.195. The number of aryl methyl sites for hydroxylation is 2. The lowest BCUT2D eigenvalue weighted by atomic mass is 9.90. The molecule has 0 aliphatic heterocycles. The molecule has 0 saturated carbocycles. The Labute approximate surface area is 110 Å². The molecular formula is C14H14N2O3. The predicted molar refractivity (Wildman–Crippen MR) is 67.1 cm³/mol. The van der Waals surface area contributed by atoms with Crippen molar-refractivity contribution < 1.29 is 13.9 Å². The second-order valence-electron chi connectivity index (χ2n) is 4.60. The molecule has 2 aromatic rings. The molecule has 1 aliphatic carbocycles. The van der Waals surface area contributed by atoms with E-state index >= 15 is 0 Å². The lowest BCUT2D eigenvalue weighted by Crippen LogP contribution is -2.10. The molecule has 0 atom stereocenters. The Morgan fingerprint density at radius 1 is 1.32 bits per heavy atom. The minimum atomic E-state index is 0.195. The summed E-state index contributed by atoms with van der Waals surface area (Å²) in [6.07, 6.45) is 2.52. The Balaban J connectivity index is 1.75. The highest BCUT2D eigenvalue weighted by atomic mass is 16.5. The molecule has 0 amide bonds. The molecule has 3 rings (SSSR count). The summed E-state index contributed by atoms with van der Waals surface area (Å²) in [5.74, 6) is 1.80. The molecule has 1 heterocycles. The van der Waals surface area contributed by atoms with Gasteiger partial charge in [0.05, 0.1) is 0 Å². The van der Waals surface area contributed by atoms with Gasteiger partial charge in [0.2, 0.25) is 5.89 Å². The zero-order valence-electron chi connectivity index (χ0n) is 10.7. The van der Waals surface area contributed by atoms with Gasteiger partial charge in [-0.2, -0.15) is 0 Å². The van der Waals surface area contributed by atoms with Crippen LogP contribution < -0.4 is 4.74 Å². The van der Waals surface area contributed by atoms with Crippen LogP contribution in [0.5, 0.6) is 5.75 Å². The van der Waals surface area contributed by atoms with Gasteiger partial charge in [0.15, 0.2) is 12.4 Å². The van der Waals surface area contributed by atoms with Crippen LogP contribution in [-0.4, -0.2) is 16.0 Å². The molecule has 5 nitrogen and oxygen atoms in total. The molecule has 1 aromatic carbocycles. The van der Waals surface area contributed by atoms with E-state index in [1.165, 1.54) is 0 Å².